The largest absolute Gasteiger partial charge is 0.309 e. The molecule has 1 saturated carbocycles. The number of nitrogens with zero attached hydrogens (tertiary/aromatic N) is 1. The monoisotopic (exact) mass is 288 g/mol. The average molecular weight is 288 g/mol. The molecule has 1 N–H and O–H groups in total. The van der Waals surface area contributed by atoms with Crippen LogP contribution in [-0.4, -0.2) is 31.6 Å². The van der Waals surface area contributed by atoms with Gasteiger partial charge < -0.3 is 10.2 Å². The summed E-state index contributed by atoms with van der Waals surface area (Å²) in [5.41, 5.74) is 2.75. The molecule has 1 unspecified atom stereocenters. The minimum Gasteiger partial charge on any atom is -0.309 e. The molecule has 2 nitrogen and oxygen atoms in total. The quantitative estimate of drug-likeness (QED) is 0.810. The third-order valence-corrected chi connectivity index (χ3v) is 4.72. The topological polar surface area (TPSA) is 15.3 Å². The predicted octanol–water partition coefficient (Wildman–Crippen LogP) is 4.16. The second kappa shape index (κ2) is 8.55. The molecular formula is C19H32N2. The zero-order valence-electron chi connectivity index (χ0n) is 14.1. The minimum absolute atomic E-state index is 0.448. The lowest BCUT2D eigenvalue weighted by Gasteiger charge is -2.30. The van der Waals surface area contributed by atoms with Crippen molar-refractivity contribution in [2.75, 3.05) is 26.7 Å². The predicted molar refractivity (Wildman–Crippen MR) is 91.7 cm³/mol. The Labute approximate surface area is 130 Å². The van der Waals surface area contributed by atoms with Crippen LogP contribution in [0, 0.1) is 12.8 Å². The number of benzene rings is 1. The average Bonchev–Trinajstić information content (AvgIpc) is 2.48. The number of likely N-dealkylation sites (N-methyl/N-ethyl adjacent to an activating group) is 2. The Morgan fingerprint density at radius 2 is 1.81 bits per heavy atom. The lowest BCUT2D eigenvalue weighted by atomic mass is 9.89. The third kappa shape index (κ3) is 5.44. The maximum atomic E-state index is 3.64. The van der Waals surface area contributed by atoms with E-state index in [1.807, 2.05) is 0 Å². The van der Waals surface area contributed by atoms with Crippen LogP contribution in [-0.2, 0) is 0 Å². The van der Waals surface area contributed by atoms with Gasteiger partial charge in [-0.15, -0.1) is 0 Å². The van der Waals surface area contributed by atoms with Gasteiger partial charge in [-0.3, -0.25) is 0 Å². The van der Waals surface area contributed by atoms with Crippen LogP contribution >= 0.6 is 0 Å². The van der Waals surface area contributed by atoms with Gasteiger partial charge in [-0.25, -0.2) is 0 Å². The van der Waals surface area contributed by atoms with E-state index in [4.69, 9.17) is 0 Å². The van der Waals surface area contributed by atoms with Crippen LogP contribution in [0.3, 0.4) is 0 Å². The van der Waals surface area contributed by atoms with Gasteiger partial charge in [-0.1, -0.05) is 56.0 Å². The molecule has 2 rings (SSSR count). The highest BCUT2D eigenvalue weighted by atomic mass is 15.1. The van der Waals surface area contributed by atoms with Crippen molar-refractivity contribution in [3.8, 4) is 0 Å². The van der Waals surface area contributed by atoms with Crippen molar-refractivity contribution in [1.29, 1.82) is 0 Å². The van der Waals surface area contributed by atoms with Gasteiger partial charge in [0.25, 0.3) is 0 Å². The molecule has 1 fully saturated rings. The normalized spacial score (nSPS) is 18.1. The summed E-state index contributed by atoms with van der Waals surface area (Å²) in [6, 6.07) is 9.44. The molecule has 1 aromatic carbocycles. The maximum absolute atomic E-state index is 3.64. The minimum atomic E-state index is 0.448. The van der Waals surface area contributed by atoms with E-state index in [1.54, 1.807) is 0 Å². The van der Waals surface area contributed by atoms with Crippen molar-refractivity contribution >= 4 is 0 Å². The molecule has 0 heterocycles. The van der Waals surface area contributed by atoms with Crippen molar-refractivity contribution in [2.24, 2.45) is 5.92 Å². The first-order valence-electron chi connectivity index (χ1n) is 8.67. The molecule has 0 saturated heterocycles. The Morgan fingerprint density at radius 1 is 1.14 bits per heavy atom. The summed E-state index contributed by atoms with van der Waals surface area (Å²) in [7, 11) is 2.28. The first-order chi connectivity index (χ1) is 10.2. The Morgan fingerprint density at radius 3 is 2.43 bits per heavy atom. The van der Waals surface area contributed by atoms with Crippen molar-refractivity contribution in [1.82, 2.24) is 10.2 Å². The fraction of sp³-hybridized carbons (Fsp3) is 0.684. The van der Waals surface area contributed by atoms with E-state index < -0.39 is 0 Å². The van der Waals surface area contributed by atoms with Crippen LogP contribution in [0.2, 0.25) is 0 Å². The standard InChI is InChI=1S/C19H32N2/c1-4-20-19(18-12-10-16(2)11-13-18)15-21(3)14-17-8-6-5-7-9-17/h10-13,17,19-20H,4-9,14-15H2,1-3H3. The highest BCUT2D eigenvalue weighted by Gasteiger charge is 2.18. The van der Waals surface area contributed by atoms with E-state index in [1.165, 1.54) is 49.8 Å². The van der Waals surface area contributed by atoms with Gasteiger partial charge in [0, 0.05) is 19.1 Å². The number of nitrogens with one attached hydrogen (secondary N) is 1. The number of rotatable bonds is 7. The summed E-state index contributed by atoms with van der Waals surface area (Å²) in [5, 5.41) is 3.64. The summed E-state index contributed by atoms with van der Waals surface area (Å²) in [5.74, 6) is 0.920. The molecule has 1 aliphatic carbocycles. The molecule has 1 aromatic rings. The molecule has 0 radical (unpaired) electrons. The van der Waals surface area contributed by atoms with E-state index in [-0.39, 0.29) is 0 Å². The summed E-state index contributed by atoms with van der Waals surface area (Å²) in [6.45, 7) is 7.74. The Hall–Kier alpha value is -0.860. The fourth-order valence-corrected chi connectivity index (χ4v) is 3.53. The molecule has 2 heteroatoms. The van der Waals surface area contributed by atoms with Crippen molar-refractivity contribution in [3.63, 3.8) is 0 Å². The zero-order valence-corrected chi connectivity index (χ0v) is 14.1. The van der Waals surface area contributed by atoms with Crippen molar-refractivity contribution < 1.29 is 0 Å². The molecule has 0 aliphatic heterocycles. The smallest absolute Gasteiger partial charge is 0.0449 e. The Bertz CT molecular complexity index is 393. The highest BCUT2D eigenvalue weighted by molar-refractivity contribution is 5.24. The van der Waals surface area contributed by atoms with Gasteiger partial charge in [0.1, 0.15) is 0 Å². The molecule has 0 amide bonds. The summed E-state index contributed by atoms with van der Waals surface area (Å²) < 4.78 is 0. The molecular weight excluding hydrogens is 256 g/mol. The van der Waals surface area contributed by atoms with Crippen LogP contribution in [0.5, 0.6) is 0 Å². The molecule has 0 bridgehead atoms. The summed E-state index contributed by atoms with van der Waals surface area (Å²) in [4.78, 5) is 2.53. The molecule has 1 aliphatic rings. The second-order valence-electron chi connectivity index (χ2n) is 6.75. The lowest BCUT2D eigenvalue weighted by Crippen LogP contribution is -2.36. The number of hydrogen-bond donors (Lipinski definition) is 1. The van der Waals surface area contributed by atoms with Gasteiger partial charge in [-0.2, -0.15) is 0 Å². The van der Waals surface area contributed by atoms with Crippen molar-refractivity contribution in [2.45, 2.75) is 52.0 Å². The SMILES string of the molecule is CCNC(CN(C)CC1CCCCC1)c1ccc(C)cc1. The zero-order chi connectivity index (χ0) is 15.1. The van der Waals surface area contributed by atoms with E-state index in [2.05, 4.69) is 55.4 Å². The van der Waals surface area contributed by atoms with Crippen LogP contribution in [0.1, 0.15) is 56.2 Å². The van der Waals surface area contributed by atoms with E-state index >= 15 is 0 Å². The number of hydrogen-bond acceptors (Lipinski definition) is 2. The van der Waals surface area contributed by atoms with Gasteiger partial charge in [-0.05, 0) is 44.8 Å². The van der Waals surface area contributed by atoms with E-state index in [0.29, 0.717) is 6.04 Å². The van der Waals surface area contributed by atoms with Crippen LogP contribution in [0.25, 0.3) is 0 Å². The Kier molecular flexibility index (Phi) is 6.72. The van der Waals surface area contributed by atoms with Crippen LogP contribution in [0.4, 0.5) is 0 Å². The summed E-state index contributed by atoms with van der Waals surface area (Å²) in [6.07, 6.45) is 7.19. The van der Waals surface area contributed by atoms with E-state index in [0.717, 1.165) is 19.0 Å². The molecule has 0 aromatic heterocycles. The van der Waals surface area contributed by atoms with Gasteiger partial charge in [0.05, 0.1) is 0 Å². The molecule has 118 valence electrons. The van der Waals surface area contributed by atoms with Crippen LogP contribution < -0.4 is 5.32 Å². The van der Waals surface area contributed by atoms with E-state index in [9.17, 15) is 0 Å². The first kappa shape index (κ1) is 16.5. The highest BCUT2D eigenvalue weighted by Crippen LogP contribution is 2.25. The second-order valence-corrected chi connectivity index (χ2v) is 6.75. The van der Waals surface area contributed by atoms with Crippen molar-refractivity contribution in [3.05, 3.63) is 35.4 Å². The number of aryl methyl sites for hydroxylation is 1. The molecule has 0 spiro atoms. The maximum Gasteiger partial charge on any atom is 0.0449 e. The van der Waals surface area contributed by atoms with Gasteiger partial charge >= 0.3 is 0 Å². The third-order valence-electron chi connectivity index (χ3n) is 4.72. The molecule has 1 atom stereocenters. The lowest BCUT2D eigenvalue weighted by molar-refractivity contribution is 0.216. The Balaban J connectivity index is 1.90. The van der Waals surface area contributed by atoms with Gasteiger partial charge in [0.15, 0.2) is 0 Å². The van der Waals surface area contributed by atoms with Gasteiger partial charge in [0.2, 0.25) is 0 Å². The van der Waals surface area contributed by atoms with Crippen LogP contribution in [0.15, 0.2) is 24.3 Å². The first-order valence-corrected chi connectivity index (χ1v) is 8.67. The molecule has 21 heavy (non-hydrogen) atoms. The summed E-state index contributed by atoms with van der Waals surface area (Å²) >= 11 is 0. The fourth-order valence-electron chi connectivity index (χ4n) is 3.53.